The predicted molar refractivity (Wildman–Crippen MR) is 77.5 cm³/mol. The molecular weight excluding hydrogens is 262 g/mol. The molecule has 19 heavy (non-hydrogen) atoms. The summed E-state index contributed by atoms with van der Waals surface area (Å²) < 4.78 is 7.69. The number of aryl methyl sites for hydroxylation is 1. The molecule has 1 N–H and O–H groups in total. The van der Waals surface area contributed by atoms with E-state index in [1.807, 2.05) is 4.68 Å². The fraction of sp³-hybridized carbons (Fsp3) is 0.786. The van der Waals surface area contributed by atoms with Crippen LogP contribution in [0.2, 0.25) is 5.02 Å². The minimum absolute atomic E-state index is 0.268. The van der Waals surface area contributed by atoms with Crippen molar-refractivity contribution in [3.05, 3.63) is 16.9 Å². The van der Waals surface area contributed by atoms with Gasteiger partial charge in [0.1, 0.15) is 0 Å². The van der Waals surface area contributed by atoms with E-state index in [0.29, 0.717) is 6.10 Å². The number of nitrogens with one attached hydrogen (secondary N) is 1. The van der Waals surface area contributed by atoms with Gasteiger partial charge in [-0.3, -0.25) is 4.68 Å². The summed E-state index contributed by atoms with van der Waals surface area (Å²) in [5.41, 5.74) is 1.11. The maximum atomic E-state index is 6.30. The minimum atomic E-state index is 0.268. The molecule has 1 aliphatic rings. The first-order valence-corrected chi connectivity index (χ1v) is 7.70. The van der Waals surface area contributed by atoms with Crippen molar-refractivity contribution in [2.24, 2.45) is 0 Å². The molecule has 1 fully saturated rings. The molecule has 2 unspecified atom stereocenters. The van der Waals surface area contributed by atoms with Gasteiger partial charge in [0, 0.05) is 13.2 Å². The Balaban J connectivity index is 2.03. The second-order valence-electron chi connectivity index (χ2n) is 5.02. The highest BCUT2D eigenvalue weighted by Gasteiger charge is 2.22. The lowest BCUT2D eigenvalue weighted by Gasteiger charge is -2.21. The van der Waals surface area contributed by atoms with Crippen LogP contribution in [0.4, 0.5) is 0 Å². The number of hydrogen-bond donors (Lipinski definition) is 1. The van der Waals surface area contributed by atoms with Crippen molar-refractivity contribution in [2.75, 3.05) is 13.2 Å². The van der Waals surface area contributed by atoms with E-state index >= 15 is 0 Å². The van der Waals surface area contributed by atoms with Gasteiger partial charge in [-0.2, -0.15) is 5.10 Å². The third-order valence-electron chi connectivity index (χ3n) is 3.71. The normalized spacial score (nSPS) is 20.9. The summed E-state index contributed by atoms with van der Waals surface area (Å²) >= 11 is 6.30. The standard InChI is InChI=1S/C14H24ClN3O/c1-3-16-13(8-7-11-6-5-9-19-11)14-12(15)10-17-18(14)4-2/h10-11,13,16H,3-9H2,1-2H3. The first-order valence-electron chi connectivity index (χ1n) is 7.32. The molecule has 0 saturated carbocycles. The van der Waals surface area contributed by atoms with Crippen molar-refractivity contribution in [1.82, 2.24) is 15.1 Å². The van der Waals surface area contributed by atoms with Gasteiger partial charge in [0.25, 0.3) is 0 Å². The minimum Gasteiger partial charge on any atom is -0.378 e. The van der Waals surface area contributed by atoms with E-state index in [1.54, 1.807) is 6.20 Å². The lowest BCUT2D eigenvalue weighted by Crippen LogP contribution is -2.25. The molecule has 4 nitrogen and oxygen atoms in total. The van der Waals surface area contributed by atoms with Crippen LogP contribution in [0, 0.1) is 0 Å². The Bertz CT molecular complexity index is 388. The van der Waals surface area contributed by atoms with Gasteiger partial charge in [-0.1, -0.05) is 18.5 Å². The predicted octanol–water partition coefficient (Wildman–Crippen LogP) is 3.17. The molecule has 1 aromatic heterocycles. The van der Waals surface area contributed by atoms with E-state index in [-0.39, 0.29) is 6.04 Å². The molecule has 0 amide bonds. The molecule has 0 aromatic carbocycles. The molecule has 0 bridgehead atoms. The van der Waals surface area contributed by atoms with E-state index in [2.05, 4.69) is 24.3 Å². The second-order valence-corrected chi connectivity index (χ2v) is 5.42. The van der Waals surface area contributed by atoms with Gasteiger partial charge < -0.3 is 10.1 Å². The second kappa shape index (κ2) is 7.27. The first-order chi connectivity index (χ1) is 9.26. The highest BCUT2D eigenvalue weighted by molar-refractivity contribution is 6.31. The zero-order valence-corrected chi connectivity index (χ0v) is 12.6. The smallest absolute Gasteiger partial charge is 0.0834 e. The summed E-state index contributed by atoms with van der Waals surface area (Å²) in [5, 5.41) is 8.62. The van der Waals surface area contributed by atoms with Gasteiger partial charge in [-0.25, -0.2) is 0 Å². The van der Waals surface area contributed by atoms with E-state index in [1.165, 1.54) is 12.8 Å². The van der Waals surface area contributed by atoms with E-state index in [9.17, 15) is 0 Å². The summed E-state index contributed by atoms with van der Waals surface area (Å²) in [7, 11) is 0. The van der Waals surface area contributed by atoms with Crippen LogP contribution in [0.3, 0.4) is 0 Å². The highest BCUT2D eigenvalue weighted by atomic mass is 35.5. The average molecular weight is 286 g/mol. The maximum absolute atomic E-state index is 6.30. The lowest BCUT2D eigenvalue weighted by atomic mass is 10.0. The maximum Gasteiger partial charge on any atom is 0.0834 e. The number of nitrogens with zero attached hydrogens (tertiary/aromatic N) is 2. The highest BCUT2D eigenvalue weighted by Crippen LogP contribution is 2.28. The van der Waals surface area contributed by atoms with Crippen molar-refractivity contribution in [2.45, 2.75) is 58.2 Å². The molecule has 0 aliphatic carbocycles. The first kappa shape index (κ1) is 14.8. The Hall–Kier alpha value is -0.580. The van der Waals surface area contributed by atoms with Crippen LogP contribution in [0.25, 0.3) is 0 Å². The third-order valence-corrected chi connectivity index (χ3v) is 4.01. The summed E-state index contributed by atoms with van der Waals surface area (Å²) in [6, 6.07) is 0.268. The summed E-state index contributed by atoms with van der Waals surface area (Å²) in [6.45, 7) is 6.92. The van der Waals surface area contributed by atoms with Crippen LogP contribution in [-0.4, -0.2) is 29.0 Å². The molecule has 0 radical (unpaired) electrons. The Kier molecular flexibility index (Phi) is 5.67. The van der Waals surface area contributed by atoms with E-state index < -0.39 is 0 Å². The molecule has 1 aliphatic heterocycles. The van der Waals surface area contributed by atoms with Gasteiger partial charge >= 0.3 is 0 Å². The topological polar surface area (TPSA) is 39.1 Å². The quantitative estimate of drug-likeness (QED) is 0.836. The zero-order valence-electron chi connectivity index (χ0n) is 11.9. The van der Waals surface area contributed by atoms with Crippen molar-refractivity contribution < 1.29 is 4.74 Å². The molecule has 2 rings (SSSR count). The SMILES string of the molecule is CCNC(CCC1CCCO1)c1c(Cl)cnn1CC. The van der Waals surface area contributed by atoms with Gasteiger partial charge in [0.2, 0.25) is 0 Å². The number of halogens is 1. The number of rotatable bonds is 7. The number of hydrogen-bond acceptors (Lipinski definition) is 3. The van der Waals surface area contributed by atoms with Crippen LogP contribution in [-0.2, 0) is 11.3 Å². The number of aromatic nitrogens is 2. The van der Waals surface area contributed by atoms with Crippen LogP contribution in [0.5, 0.6) is 0 Å². The summed E-state index contributed by atoms with van der Waals surface area (Å²) in [4.78, 5) is 0. The van der Waals surface area contributed by atoms with Crippen molar-refractivity contribution >= 4 is 11.6 Å². The molecule has 1 saturated heterocycles. The molecule has 5 heteroatoms. The Morgan fingerprint density at radius 1 is 1.58 bits per heavy atom. The third kappa shape index (κ3) is 3.71. The monoisotopic (exact) mass is 285 g/mol. The van der Waals surface area contributed by atoms with Gasteiger partial charge in [-0.05, 0) is 39.2 Å². The van der Waals surface area contributed by atoms with Crippen LogP contribution >= 0.6 is 11.6 Å². The van der Waals surface area contributed by atoms with E-state index in [0.717, 1.165) is 43.3 Å². The zero-order chi connectivity index (χ0) is 13.7. The van der Waals surface area contributed by atoms with Crippen LogP contribution < -0.4 is 5.32 Å². The molecule has 2 heterocycles. The van der Waals surface area contributed by atoms with Gasteiger partial charge in [0.15, 0.2) is 0 Å². The molecule has 1 aromatic rings. The fourth-order valence-corrected chi connectivity index (χ4v) is 3.05. The van der Waals surface area contributed by atoms with Crippen LogP contribution in [0.1, 0.15) is 51.3 Å². The molecular formula is C14H24ClN3O. The number of ether oxygens (including phenoxy) is 1. The van der Waals surface area contributed by atoms with E-state index in [4.69, 9.17) is 16.3 Å². The average Bonchev–Trinajstić information content (AvgIpc) is 3.04. The van der Waals surface area contributed by atoms with Crippen molar-refractivity contribution in [3.63, 3.8) is 0 Å². The van der Waals surface area contributed by atoms with Crippen molar-refractivity contribution in [1.29, 1.82) is 0 Å². The Morgan fingerprint density at radius 3 is 3.05 bits per heavy atom. The molecule has 2 atom stereocenters. The fourth-order valence-electron chi connectivity index (χ4n) is 2.78. The summed E-state index contributed by atoms with van der Waals surface area (Å²) in [5.74, 6) is 0. The lowest BCUT2D eigenvalue weighted by molar-refractivity contribution is 0.0993. The summed E-state index contributed by atoms with van der Waals surface area (Å²) in [6.07, 6.45) is 6.70. The van der Waals surface area contributed by atoms with Crippen molar-refractivity contribution in [3.8, 4) is 0 Å². The molecule has 0 spiro atoms. The van der Waals surface area contributed by atoms with Gasteiger partial charge in [-0.15, -0.1) is 0 Å². The molecule has 108 valence electrons. The van der Waals surface area contributed by atoms with Gasteiger partial charge in [0.05, 0.1) is 29.1 Å². The largest absolute Gasteiger partial charge is 0.378 e. The Morgan fingerprint density at radius 2 is 2.42 bits per heavy atom. The Labute approximate surface area is 120 Å². The van der Waals surface area contributed by atoms with Crippen LogP contribution in [0.15, 0.2) is 6.20 Å².